The molecule has 16 heavy (non-hydrogen) atoms. The monoisotopic (exact) mass is 223 g/mol. The van der Waals surface area contributed by atoms with Crippen molar-refractivity contribution in [2.75, 3.05) is 6.54 Å². The lowest BCUT2D eigenvalue weighted by Gasteiger charge is -2.05. The van der Waals surface area contributed by atoms with Gasteiger partial charge in [-0.05, 0) is 26.7 Å². The van der Waals surface area contributed by atoms with E-state index >= 15 is 0 Å². The molecular formula is C11H17N3O2. The molecule has 0 bridgehead atoms. The molecule has 1 aliphatic carbocycles. The van der Waals surface area contributed by atoms with Crippen LogP contribution in [0.25, 0.3) is 0 Å². The molecule has 0 radical (unpaired) electrons. The summed E-state index contributed by atoms with van der Waals surface area (Å²) in [6, 6.07) is 0.424. The van der Waals surface area contributed by atoms with Crippen molar-refractivity contribution in [2.45, 2.75) is 39.3 Å². The van der Waals surface area contributed by atoms with Crippen LogP contribution < -0.4 is 10.6 Å². The molecule has 0 aromatic carbocycles. The summed E-state index contributed by atoms with van der Waals surface area (Å²) in [5.74, 6) is 0.877. The summed E-state index contributed by atoms with van der Waals surface area (Å²) in [4.78, 5) is 11.4. The summed E-state index contributed by atoms with van der Waals surface area (Å²) in [7, 11) is 0. The van der Waals surface area contributed by atoms with Gasteiger partial charge in [0, 0.05) is 18.2 Å². The highest BCUT2D eigenvalue weighted by molar-refractivity contribution is 5.78. The quantitative estimate of drug-likeness (QED) is 0.769. The molecule has 0 spiro atoms. The fraction of sp³-hybridized carbons (Fsp3) is 0.636. The maximum Gasteiger partial charge on any atom is 0.234 e. The van der Waals surface area contributed by atoms with Crippen LogP contribution in [0.1, 0.15) is 29.9 Å². The molecule has 1 amide bonds. The van der Waals surface area contributed by atoms with Crippen molar-refractivity contribution in [2.24, 2.45) is 0 Å². The van der Waals surface area contributed by atoms with E-state index in [4.69, 9.17) is 4.52 Å². The van der Waals surface area contributed by atoms with Crippen LogP contribution in [0.3, 0.4) is 0 Å². The first kappa shape index (κ1) is 11.1. The van der Waals surface area contributed by atoms with E-state index < -0.39 is 0 Å². The van der Waals surface area contributed by atoms with Gasteiger partial charge in [-0.2, -0.15) is 0 Å². The number of carbonyl (C=O) groups excluding carboxylic acids is 1. The fourth-order valence-corrected chi connectivity index (χ4v) is 1.56. The van der Waals surface area contributed by atoms with Crippen LogP contribution in [0, 0.1) is 13.8 Å². The number of carbonyl (C=O) groups is 1. The van der Waals surface area contributed by atoms with Gasteiger partial charge in [-0.15, -0.1) is 0 Å². The Hall–Kier alpha value is -1.36. The average Bonchev–Trinajstić information content (AvgIpc) is 2.99. The van der Waals surface area contributed by atoms with Gasteiger partial charge in [-0.25, -0.2) is 0 Å². The zero-order chi connectivity index (χ0) is 11.5. The number of amides is 1. The van der Waals surface area contributed by atoms with Crippen molar-refractivity contribution in [3.05, 3.63) is 17.0 Å². The molecule has 1 aromatic rings. The van der Waals surface area contributed by atoms with E-state index in [1.54, 1.807) is 0 Å². The average molecular weight is 223 g/mol. The molecule has 1 heterocycles. The first-order chi connectivity index (χ1) is 7.66. The van der Waals surface area contributed by atoms with Gasteiger partial charge in [0.25, 0.3) is 0 Å². The van der Waals surface area contributed by atoms with E-state index in [1.165, 1.54) is 0 Å². The van der Waals surface area contributed by atoms with Gasteiger partial charge >= 0.3 is 0 Å². The Morgan fingerprint density at radius 1 is 1.50 bits per heavy atom. The summed E-state index contributed by atoms with van der Waals surface area (Å²) in [6.07, 6.45) is 2.24. The predicted octanol–water partition coefficient (Wildman–Crippen LogP) is 0.660. The molecule has 1 saturated carbocycles. The molecule has 2 N–H and O–H groups in total. The van der Waals surface area contributed by atoms with Gasteiger partial charge in [0.2, 0.25) is 5.91 Å². The van der Waals surface area contributed by atoms with Gasteiger partial charge in [0.1, 0.15) is 5.76 Å². The third-order valence-electron chi connectivity index (χ3n) is 2.71. The summed E-state index contributed by atoms with van der Waals surface area (Å²) in [5.41, 5.74) is 1.92. The topological polar surface area (TPSA) is 67.2 Å². The molecule has 88 valence electrons. The highest BCUT2D eigenvalue weighted by Crippen LogP contribution is 2.18. The Kier molecular flexibility index (Phi) is 3.24. The second-order valence-corrected chi connectivity index (χ2v) is 4.25. The summed E-state index contributed by atoms with van der Waals surface area (Å²) < 4.78 is 5.04. The fourth-order valence-electron chi connectivity index (χ4n) is 1.56. The van der Waals surface area contributed by atoms with Crippen LogP contribution in [0.5, 0.6) is 0 Å². The van der Waals surface area contributed by atoms with E-state index in [9.17, 15) is 4.79 Å². The van der Waals surface area contributed by atoms with Crippen molar-refractivity contribution in [3.8, 4) is 0 Å². The summed E-state index contributed by atoms with van der Waals surface area (Å²) >= 11 is 0. The molecule has 0 saturated heterocycles. The Morgan fingerprint density at radius 3 is 2.81 bits per heavy atom. The van der Waals surface area contributed by atoms with E-state index in [1.807, 2.05) is 13.8 Å². The van der Waals surface area contributed by atoms with Crippen LogP contribution >= 0.6 is 0 Å². The minimum absolute atomic E-state index is 0.0641. The number of aromatic nitrogens is 1. The maximum absolute atomic E-state index is 11.4. The van der Waals surface area contributed by atoms with Crippen LogP contribution in [-0.2, 0) is 11.3 Å². The molecular weight excluding hydrogens is 206 g/mol. The van der Waals surface area contributed by atoms with E-state index in [0.29, 0.717) is 19.1 Å². The first-order valence-corrected chi connectivity index (χ1v) is 5.58. The SMILES string of the molecule is Cc1noc(C)c1CNCC(=O)NC1CC1. The number of hydrogen-bond donors (Lipinski definition) is 2. The van der Waals surface area contributed by atoms with Crippen molar-refractivity contribution < 1.29 is 9.32 Å². The summed E-state index contributed by atoms with van der Waals surface area (Å²) in [5, 5.41) is 9.87. The third-order valence-corrected chi connectivity index (χ3v) is 2.71. The smallest absolute Gasteiger partial charge is 0.234 e. The minimum atomic E-state index is 0.0641. The third kappa shape index (κ3) is 2.82. The van der Waals surface area contributed by atoms with Crippen molar-refractivity contribution in [1.82, 2.24) is 15.8 Å². The lowest BCUT2D eigenvalue weighted by atomic mass is 10.2. The number of nitrogens with zero attached hydrogens (tertiary/aromatic N) is 1. The van der Waals surface area contributed by atoms with Crippen LogP contribution in [-0.4, -0.2) is 23.7 Å². The van der Waals surface area contributed by atoms with E-state index in [0.717, 1.165) is 29.9 Å². The molecule has 5 nitrogen and oxygen atoms in total. The molecule has 5 heteroatoms. The molecule has 2 rings (SSSR count). The van der Waals surface area contributed by atoms with Crippen LogP contribution in [0.15, 0.2) is 4.52 Å². The standard InChI is InChI=1S/C11H17N3O2/c1-7-10(8(2)16-14-7)5-12-6-11(15)13-9-3-4-9/h9,12H,3-6H2,1-2H3,(H,13,15). The second kappa shape index (κ2) is 4.65. The molecule has 0 aliphatic heterocycles. The Morgan fingerprint density at radius 2 is 2.25 bits per heavy atom. The Labute approximate surface area is 94.6 Å². The van der Waals surface area contributed by atoms with Crippen molar-refractivity contribution in [1.29, 1.82) is 0 Å². The lowest BCUT2D eigenvalue weighted by molar-refractivity contribution is -0.120. The molecule has 0 atom stereocenters. The Bertz CT molecular complexity index is 363. The lowest BCUT2D eigenvalue weighted by Crippen LogP contribution is -2.34. The van der Waals surface area contributed by atoms with Gasteiger partial charge < -0.3 is 15.2 Å². The molecule has 1 aliphatic rings. The Balaban J connectivity index is 1.72. The normalized spacial score (nSPS) is 15.1. The molecule has 0 unspecified atom stereocenters. The molecule has 1 fully saturated rings. The number of aryl methyl sites for hydroxylation is 2. The van der Waals surface area contributed by atoms with Gasteiger partial charge in [-0.1, -0.05) is 5.16 Å². The zero-order valence-electron chi connectivity index (χ0n) is 9.67. The van der Waals surface area contributed by atoms with Gasteiger partial charge in [0.15, 0.2) is 0 Å². The number of nitrogens with one attached hydrogen (secondary N) is 2. The highest BCUT2D eigenvalue weighted by Gasteiger charge is 2.22. The molecule has 1 aromatic heterocycles. The predicted molar refractivity (Wildman–Crippen MR) is 58.8 cm³/mol. The van der Waals surface area contributed by atoms with Gasteiger partial charge in [0.05, 0.1) is 12.2 Å². The largest absolute Gasteiger partial charge is 0.361 e. The number of hydrogen-bond acceptors (Lipinski definition) is 4. The second-order valence-electron chi connectivity index (χ2n) is 4.25. The van der Waals surface area contributed by atoms with Crippen molar-refractivity contribution >= 4 is 5.91 Å². The zero-order valence-corrected chi connectivity index (χ0v) is 9.67. The van der Waals surface area contributed by atoms with Crippen LogP contribution in [0.4, 0.5) is 0 Å². The summed E-state index contributed by atoms with van der Waals surface area (Å²) in [6.45, 7) is 4.75. The first-order valence-electron chi connectivity index (χ1n) is 5.58. The van der Waals surface area contributed by atoms with Crippen LogP contribution in [0.2, 0.25) is 0 Å². The van der Waals surface area contributed by atoms with E-state index in [-0.39, 0.29) is 5.91 Å². The minimum Gasteiger partial charge on any atom is -0.361 e. The maximum atomic E-state index is 11.4. The van der Waals surface area contributed by atoms with E-state index in [2.05, 4.69) is 15.8 Å². The number of rotatable bonds is 5. The van der Waals surface area contributed by atoms with Crippen molar-refractivity contribution in [3.63, 3.8) is 0 Å². The highest BCUT2D eigenvalue weighted by atomic mass is 16.5. The van der Waals surface area contributed by atoms with Gasteiger partial charge in [-0.3, -0.25) is 4.79 Å².